The summed E-state index contributed by atoms with van der Waals surface area (Å²) < 4.78 is 0. The van der Waals surface area contributed by atoms with Crippen LogP contribution in [0, 0.1) is 17.8 Å². The average molecular weight is 224 g/mol. The first kappa shape index (κ1) is 13.4. The van der Waals surface area contributed by atoms with Crippen LogP contribution in [0.15, 0.2) is 12.2 Å². The molecule has 0 amide bonds. The molecule has 1 rings (SSSR count). The van der Waals surface area contributed by atoms with E-state index in [-0.39, 0.29) is 17.6 Å². The van der Waals surface area contributed by atoms with Crippen molar-refractivity contribution in [1.29, 1.82) is 0 Å². The lowest BCUT2D eigenvalue weighted by molar-refractivity contribution is -0.132. The highest BCUT2D eigenvalue weighted by molar-refractivity contribution is 5.82. The number of ketones is 1. The molecule has 0 heterocycles. The topological polar surface area (TPSA) is 37.3 Å². The van der Waals surface area contributed by atoms with Gasteiger partial charge in [-0.1, -0.05) is 26.0 Å². The molecule has 2 nitrogen and oxygen atoms in total. The summed E-state index contributed by atoms with van der Waals surface area (Å²) in [6.45, 7) is 6.10. The van der Waals surface area contributed by atoms with Crippen molar-refractivity contribution >= 4 is 5.78 Å². The number of carbonyl (C=O) groups is 1. The van der Waals surface area contributed by atoms with Gasteiger partial charge in [-0.3, -0.25) is 4.79 Å². The van der Waals surface area contributed by atoms with Gasteiger partial charge in [-0.2, -0.15) is 0 Å². The molecule has 0 aromatic rings. The van der Waals surface area contributed by atoms with Gasteiger partial charge in [-0.05, 0) is 38.0 Å². The molecule has 0 aromatic carbocycles. The van der Waals surface area contributed by atoms with Crippen molar-refractivity contribution in [3.63, 3.8) is 0 Å². The van der Waals surface area contributed by atoms with Crippen LogP contribution < -0.4 is 0 Å². The van der Waals surface area contributed by atoms with E-state index in [4.69, 9.17) is 0 Å². The molecule has 0 aromatic heterocycles. The second-order valence-electron chi connectivity index (χ2n) is 5.13. The first-order chi connectivity index (χ1) is 7.57. The number of carbonyl (C=O) groups excluding carboxylic acids is 1. The zero-order chi connectivity index (χ0) is 12.1. The van der Waals surface area contributed by atoms with Crippen molar-refractivity contribution in [2.24, 2.45) is 17.8 Å². The van der Waals surface area contributed by atoms with Gasteiger partial charge in [-0.25, -0.2) is 0 Å². The Kier molecular flexibility index (Phi) is 5.20. The van der Waals surface area contributed by atoms with Crippen LogP contribution in [0.1, 0.15) is 46.5 Å². The van der Waals surface area contributed by atoms with Gasteiger partial charge in [0, 0.05) is 12.3 Å². The smallest absolute Gasteiger partial charge is 0.138 e. The summed E-state index contributed by atoms with van der Waals surface area (Å²) in [5.74, 6) is 0.641. The van der Waals surface area contributed by atoms with Crippen LogP contribution in [-0.4, -0.2) is 17.0 Å². The minimum Gasteiger partial charge on any atom is -0.392 e. The number of hydrogen-bond acceptors (Lipinski definition) is 2. The number of aliphatic hydroxyl groups excluding tert-OH is 1. The predicted octanol–water partition coefficient (Wildman–Crippen LogP) is 2.95. The lowest BCUT2D eigenvalue weighted by atomic mass is 9.73. The highest BCUT2D eigenvalue weighted by Gasteiger charge is 2.36. The molecule has 0 bridgehead atoms. The first-order valence-corrected chi connectivity index (χ1v) is 6.39. The van der Waals surface area contributed by atoms with Gasteiger partial charge in [0.1, 0.15) is 5.78 Å². The van der Waals surface area contributed by atoms with E-state index in [2.05, 4.69) is 13.0 Å². The minimum absolute atomic E-state index is 0.131. The molecular weight excluding hydrogens is 200 g/mol. The fourth-order valence-electron chi connectivity index (χ4n) is 2.63. The Hall–Kier alpha value is -0.630. The number of allylic oxidation sites excluding steroid dienone is 2. The van der Waals surface area contributed by atoms with E-state index in [1.807, 2.05) is 19.9 Å². The predicted molar refractivity (Wildman–Crippen MR) is 66.1 cm³/mol. The summed E-state index contributed by atoms with van der Waals surface area (Å²) in [4.78, 5) is 11.8. The monoisotopic (exact) mass is 224 g/mol. The molecule has 16 heavy (non-hydrogen) atoms. The maximum absolute atomic E-state index is 11.8. The van der Waals surface area contributed by atoms with E-state index < -0.39 is 6.10 Å². The van der Waals surface area contributed by atoms with Crippen LogP contribution in [0.2, 0.25) is 0 Å². The van der Waals surface area contributed by atoms with Crippen LogP contribution in [-0.2, 0) is 4.79 Å². The molecule has 4 atom stereocenters. The number of rotatable bonds is 4. The fraction of sp³-hybridized carbons (Fsp3) is 0.786. The van der Waals surface area contributed by atoms with Crippen molar-refractivity contribution in [3.05, 3.63) is 12.2 Å². The van der Waals surface area contributed by atoms with Crippen molar-refractivity contribution in [1.82, 2.24) is 0 Å². The fourth-order valence-corrected chi connectivity index (χ4v) is 2.63. The molecular formula is C14H24O2. The molecule has 0 radical (unpaired) electrons. The Balaban J connectivity index is 2.62. The third-order valence-corrected chi connectivity index (χ3v) is 3.76. The average Bonchev–Trinajstić information content (AvgIpc) is 2.25. The zero-order valence-corrected chi connectivity index (χ0v) is 10.6. The Bertz CT molecular complexity index is 257. The number of aliphatic hydroxyl groups is 1. The van der Waals surface area contributed by atoms with E-state index in [0.717, 1.165) is 19.3 Å². The Morgan fingerprint density at radius 1 is 1.56 bits per heavy atom. The van der Waals surface area contributed by atoms with Crippen LogP contribution in [0.25, 0.3) is 0 Å². The second kappa shape index (κ2) is 6.19. The van der Waals surface area contributed by atoms with Crippen molar-refractivity contribution < 1.29 is 9.90 Å². The van der Waals surface area contributed by atoms with Gasteiger partial charge in [0.15, 0.2) is 0 Å². The van der Waals surface area contributed by atoms with E-state index in [9.17, 15) is 9.90 Å². The van der Waals surface area contributed by atoms with Crippen molar-refractivity contribution in [3.8, 4) is 0 Å². The largest absolute Gasteiger partial charge is 0.392 e. The summed E-state index contributed by atoms with van der Waals surface area (Å²) in [7, 11) is 0. The summed E-state index contributed by atoms with van der Waals surface area (Å²) in [5.41, 5.74) is 0. The third-order valence-electron chi connectivity index (χ3n) is 3.76. The Labute approximate surface area is 98.7 Å². The molecule has 0 saturated heterocycles. The summed E-state index contributed by atoms with van der Waals surface area (Å²) in [6, 6.07) is 0. The van der Waals surface area contributed by atoms with Gasteiger partial charge < -0.3 is 5.11 Å². The Morgan fingerprint density at radius 3 is 2.81 bits per heavy atom. The highest BCUT2D eigenvalue weighted by Crippen LogP contribution is 2.32. The second-order valence-corrected chi connectivity index (χ2v) is 5.13. The Morgan fingerprint density at radius 2 is 2.25 bits per heavy atom. The van der Waals surface area contributed by atoms with E-state index >= 15 is 0 Å². The summed E-state index contributed by atoms with van der Waals surface area (Å²) in [5, 5.41) is 10.3. The SMILES string of the molecule is C/C=C/CC(C)C(O)C1C(=O)CCCC1C. The minimum atomic E-state index is -0.473. The van der Waals surface area contributed by atoms with Crippen LogP contribution in [0.5, 0.6) is 0 Å². The molecule has 0 aliphatic heterocycles. The maximum Gasteiger partial charge on any atom is 0.138 e. The van der Waals surface area contributed by atoms with E-state index in [0.29, 0.717) is 12.3 Å². The lowest BCUT2D eigenvalue weighted by Gasteiger charge is -2.34. The maximum atomic E-state index is 11.8. The summed E-state index contributed by atoms with van der Waals surface area (Å²) in [6.07, 6.45) is 7.16. The van der Waals surface area contributed by atoms with Gasteiger partial charge in [0.25, 0.3) is 0 Å². The van der Waals surface area contributed by atoms with Gasteiger partial charge in [0.05, 0.1) is 6.10 Å². The van der Waals surface area contributed by atoms with Crippen LogP contribution in [0.3, 0.4) is 0 Å². The van der Waals surface area contributed by atoms with Crippen molar-refractivity contribution in [2.45, 2.75) is 52.6 Å². The molecule has 92 valence electrons. The first-order valence-electron chi connectivity index (χ1n) is 6.39. The molecule has 2 heteroatoms. The van der Waals surface area contributed by atoms with Crippen LogP contribution >= 0.6 is 0 Å². The molecule has 1 N–H and O–H groups in total. The van der Waals surface area contributed by atoms with Crippen LogP contribution in [0.4, 0.5) is 0 Å². The van der Waals surface area contributed by atoms with E-state index in [1.54, 1.807) is 0 Å². The van der Waals surface area contributed by atoms with Crippen molar-refractivity contribution in [2.75, 3.05) is 0 Å². The molecule has 1 fully saturated rings. The highest BCUT2D eigenvalue weighted by atomic mass is 16.3. The third kappa shape index (κ3) is 3.18. The normalized spacial score (nSPS) is 30.6. The van der Waals surface area contributed by atoms with E-state index in [1.165, 1.54) is 0 Å². The molecule has 1 aliphatic rings. The molecule has 0 spiro atoms. The van der Waals surface area contributed by atoms with Gasteiger partial charge in [-0.15, -0.1) is 0 Å². The quantitative estimate of drug-likeness (QED) is 0.745. The lowest BCUT2D eigenvalue weighted by Crippen LogP contribution is -2.39. The zero-order valence-electron chi connectivity index (χ0n) is 10.6. The molecule has 1 saturated carbocycles. The van der Waals surface area contributed by atoms with Gasteiger partial charge in [0.2, 0.25) is 0 Å². The number of Topliss-reactive ketones (excluding diaryl/α,β-unsaturated/α-hetero) is 1. The summed E-state index contributed by atoms with van der Waals surface area (Å²) >= 11 is 0. The van der Waals surface area contributed by atoms with Gasteiger partial charge >= 0.3 is 0 Å². The molecule has 1 aliphatic carbocycles. The number of hydrogen-bond donors (Lipinski definition) is 1. The molecule has 4 unspecified atom stereocenters. The standard InChI is InChI=1S/C14H24O2/c1-4-5-7-11(3)14(16)13-10(2)8-6-9-12(13)15/h4-5,10-11,13-14,16H,6-9H2,1-3H3/b5-4+.